The van der Waals surface area contributed by atoms with E-state index in [0.29, 0.717) is 0 Å². The molecular weight excluding hydrogens is 268 g/mol. The zero-order valence-electron chi connectivity index (χ0n) is 9.94. The quantitative estimate of drug-likeness (QED) is 0.777. The molecule has 0 aliphatic heterocycles. The van der Waals surface area contributed by atoms with Gasteiger partial charge in [-0.3, -0.25) is 4.68 Å². The molecule has 0 fully saturated rings. The molecular formula is C12H11ClN4S. The first-order valence-electron chi connectivity index (χ1n) is 5.45. The fraction of sp³-hybridized carbons (Fsp3) is 0.167. The van der Waals surface area contributed by atoms with E-state index < -0.39 is 0 Å². The van der Waals surface area contributed by atoms with Crippen LogP contribution in [0.2, 0.25) is 5.02 Å². The van der Waals surface area contributed by atoms with E-state index in [9.17, 15) is 0 Å². The summed E-state index contributed by atoms with van der Waals surface area (Å²) >= 11 is 7.54. The molecule has 2 heterocycles. The van der Waals surface area contributed by atoms with Crippen molar-refractivity contribution < 1.29 is 0 Å². The van der Waals surface area contributed by atoms with Gasteiger partial charge in [0.2, 0.25) is 0 Å². The number of hydrogen-bond acceptors (Lipinski definition) is 4. The molecule has 3 rings (SSSR count). The van der Waals surface area contributed by atoms with Crippen molar-refractivity contribution in [1.29, 1.82) is 0 Å². The van der Waals surface area contributed by atoms with Gasteiger partial charge >= 0.3 is 0 Å². The summed E-state index contributed by atoms with van der Waals surface area (Å²) in [5.41, 5.74) is 2.88. The molecule has 0 radical (unpaired) electrons. The minimum atomic E-state index is 0.732. The van der Waals surface area contributed by atoms with Crippen LogP contribution in [-0.4, -0.2) is 14.8 Å². The van der Waals surface area contributed by atoms with Crippen molar-refractivity contribution in [3.8, 4) is 0 Å². The van der Waals surface area contributed by atoms with Crippen LogP contribution in [0.3, 0.4) is 0 Å². The summed E-state index contributed by atoms with van der Waals surface area (Å²) in [5, 5.41) is 9.15. The molecule has 0 aliphatic rings. The molecule has 92 valence electrons. The number of rotatable bonds is 2. The molecule has 18 heavy (non-hydrogen) atoms. The second-order valence-corrected chi connectivity index (χ2v) is 5.53. The van der Waals surface area contributed by atoms with Crippen LogP contribution in [0.1, 0.15) is 5.69 Å². The smallest absolute Gasteiger partial charge is 0.188 e. The Morgan fingerprint density at radius 1 is 1.39 bits per heavy atom. The van der Waals surface area contributed by atoms with Gasteiger partial charge in [-0.2, -0.15) is 5.10 Å². The summed E-state index contributed by atoms with van der Waals surface area (Å²) in [7, 11) is 1.90. The Morgan fingerprint density at radius 3 is 2.94 bits per heavy atom. The zero-order chi connectivity index (χ0) is 12.7. The first-order chi connectivity index (χ1) is 8.61. The molecule has 1 N–H and O–H groups in total. The standard InChI is InChI=1S/C12H11ClN4S/c1-7-10(6-17(2)16-7)15-12-14-9-4-3-8(13)5-11(9)18-12/h3-6H,1-2H3,(H,14,15). The molecule has 0 spiro atoms. The summed E-state index contributed by atoms with van der Waals surface area (Å²) in [4.78, 5) is 4.51. The number of thiazole rings is 1. The molecule has 0 amide bonds. The van der Waals surface area contributed by atoms with Crippen LogP contribution >= 0.6 is 22.9 Å². The molecule has 4 nitrogen and oxygen atoms in total. The molecule has 0 saturated heterocycles. The lowest BCUT2D eigenvalue weighted by molar-refractivity contribution is 0.756. The van der Waals surface area contributed by atoms with E-state index in [1.165, 1.54) is 0 Å². The van der Waals surface area contributed by atoms with E-state index >= 15 is 0 Å². The molecule has 6 heteroatoms. The molecule has 0 atom stereocenters. The molecule has 0 saturated carbocycles. The lowest BCUT2D eigenvalue weighted by atomic mass is 10.3. The number of aryl methyl sites for hydroxylation is 2. The second kappa shape index (κ2) is 4.26. The monoisotopic (exact) mass is 278 g/mol. The van der Waals surface area contributed by atoms with Crippen molar-refractivity contribution >= 4 is 44.0 Å². The van der Waals surface area contributed by atoms with Gasteiger partial charge in [0.05, 0.1) is 21.6 Å². The molecule has 2 aromatic heterocycles. The summed E-state index contributed by atoms with van der Waals surface area (Å²) in [6.07, 6.45) is 1.94. The van der Waals surface area contributed by atoms with Crippen molar-refractivity contribution in [2.45, 2.75) is 6.92 Å². The highest BCUT2D eigenvalue weighted by Crippen LogP contribution is 2.30. The average Bonchev–Trinajstić information content (AvgIpc) is 2.82. The number of anilines is 2. The molecule has 0 bridgehead atoms. The van der Waals surface area contributed by atoms with Crippen LogP contribution < -0.4 is 5.32 Å². The highest BCUT2D eigenvalue weighted by molar-refractivity contribution is 7.22. The maximum absolute atomic E-state index is 5.96. The van der Waals surface area contributed by atoms with Gasteiger partial charge in [0, 0.05) is 18.3 Å². The lowest BCUT2D eigenvalue weighted by Crippen LogP contribution is -1.89. The minimum absolute atomic E-state index is 0.732. The Hall–Kier alpha value is -1.59. The van der Waals surface area contributed by atoms with Crippen LogP contribution in [0.15, 0.2) is 24.4 Å². The number of benzene rings is 1. The van der Waals surface area contributed by atoms with Crippen LogP contribution in [0.4, 0.5) is 10.8 Å². The number of nitrogens with zero attached hydrogens (tertiary/aromatic N) is 3. The Balaban J connectivity index is 1.97. The lowest BCUT2D eigenvalue weighted by Gasteiger charge is -1.97. The van der Waals surface area contributed by atoms with E-state index in [1.54, 1.807) is 16.0 Å². The van der Waals surface area contributed by atoms with Crippen molar-refractivity contribution in [2.75, 3.05) is 5.32 Å². The van der Waals surface area contributed by atoms with Gasteiger partial charge < -0.3 is 5.32 Å². The van der Waals surface area contributed by atoms with Crippen LogP contribution in [0, 0.1) is 6.92 Å². The highest BCUT2D eigenvalue weighted by Gasteiger charge is 2.07. The van der Waals surface area contributed by atoms with Crippen molar-refractivity contribution in [2.24, 2.45) is 7.05 Å². The Labute approximate surface area is 113 Å². The topological polar surface area (TPSA) is 42.7 Å². The van der Waals surface area contributed by atoms with Crippen LogP contribution in [0.5, 0.6) is 0 Å². The molecule has 1 aromatic carbocycles. The number of hydrogen-bond donors (Lipinski definition) is 1. The summed E-state index contributed by atoms with van der Waals surface area (Å²) in [6.45, 7) is 1.96. The van der Waals surface area contributed by atoms with Crippen LogP contribution in [0.25, 0.3) is 10.2 Å². The first kappa shape index (κ1) is 11.5. The van der Waals surface area contributed by atoms with E-state index in [2.05, 4.69) is 15.4 Å². The third-order valence-electron chi connectivity index (χ3n) is 2.61. The highest BCUT2D eigenvalue weighted by atomic mass is 35.5. The zero-order valence-corrected chi connectivity index (χ0v) is 11.5. The molecule has 0 aliphatic carbocycles. The third-order valence-corrected chi connectivity index (χ3v) is 3.77. The predicted octanol–water partition coefficient (Wildman–Crippen LogP) is 3.74. The number of nitrogens with one attached hydrogen (secondary N) is 1. The third kappa shape index (κ3) is 2.07. The summed E-state index contributed by atoms with van der Waals surface area (Å²) in [5.74, 6) is 0. The van der Waals surface area contributed by atoms with Crippen molar-refractivity contribution in [3.63, 3.8) is 0 Å². The SMILES string of the molecule is Cc1nn(C)cc1Nc1nc2ccc(Cl)cc2s1. The maximum atomic E-state index is 5.96. The number of halogens is 1. The predicted molar refractivity (Wildman–Crippen MR) is 75.9 cm³/mol. The van der Waals surface area contributed by atoms with Gasteiger partial charge in [-0.25, -0.2) is 4.98 Å². The van der Waals surface area contributed by atoms with Crippen molar-refractivity contribution in [3.05, 3.63) is 35.1 Å². The number of fused-ring (bicyclic) bond motifs is 1. The number of aromatic nitrogens is 3. The van der Waals surface area contributed by atoms with Gasteiger partial charge in [0.15, 0.2) is 5.13 Å². The van der Waals surface area contributed by atoms with Gasteiger partial charge in [-0.05, 0) is 25.1 Å². The first-order valence-corrected chi connectivity index (χ1v) is 6.64. The normalized spacial score (nSPS) is 11.1. The van der Waals surface area contributed by atoms with E-state index in [1.807, 2.05) is 38.4 Å². The van der Waals surface area contributed by atoms with Gasteiger partial charge in [0.25, 0.3) is 0 Å². The Kier molecular flexibility index (Phi) is 2.72. The van der Waals surface area contributed by atoms with E-state index in [-0.39, 0.29) is 0 Å². The molecule has 3 aromatic rings. The fourth-order valence-electron chi connectivity index (χ4n) is 1.79. The fourth-order valence-corrected chi connectivity index (χ4v) is 2.94. The van der Waals surface area contributed by atoms with E-state index in [4.69, 9.17) is 11.6 Å². The van der Waals surface area contributed by atoms with Gasteiger partial charge in [0.1, 0.15) is 0 Å². The summed E-state index contributed by atoms with van der Waals surface area (Å²) < 4.78 is 2.86. The summed E-state index contributed by atoms with van der Waals surface area (Å²) in [6, 6.07) is 5.70. The largest absolute Gasteiger partial charge is 0.329 e. The van der Waals surface area contributed by atoms with Crippen molar-refractivity contribution in [1.82, 2.24) is 14.8 Å². The molecule has 0 unspecified atom stereocenters. The second-order valence-electron chi connectivity index (χ2n) is 4.06. The van der Waals surface area contributed by atoms with Gasteiger partial charge in [-0.1, -0.05) is 22.9 Å². The van der Waals surface area contributed by atoms with E-state index in [0.717, 1.165) is 31.8 Å². The van der Waals surface area contributed by atoms with Crippen LogP contribution in [-0.2, 0) is 7.05 Å². The average molecular weight is 279 g/mol. The van der Waals surface area contributed by atoms with Gasteiger partial charge in [-0.15, -0.1) is 0 Å². The Bertz CT molecular complexity index is 716. The maximum Gasteiger partial charge on any atom is 0.188 e. The Morgan fingerprint density at radius 2 is 2.22 bits per heavy atom. The minimum Gasteiger partial charge on any atom is -0.329 e.